The second-order valence-electron chi connectivity index (χ2n) is 4.58. The maximum atomic E-state index is 11.5. The van der Waals surface area contributed by atoms with Gasteiger partial charge < -0.3 is 14.7 Å². The predicted octanol–water partition coefficient (Wildman–Crippen LogP) is 1.31. The van der Waals surface area contributed by atoms with Crippen LogP contribution in [0.1, 0.15) is 28.8 Å². The van der Waals surface area contributed by atoms with Crippen LogP contribution in [0.5, 0.6) is 0 Å². The Kier molecular flexibility index (Phi) is 4.03. The molecule has 2 rings (SSSR count). The first-order chi connectivity index (χ1) is 9.15. The number of piperidine rings is 1. The molecule has 1 fully saturated rings. The van der Waals surface area contributed by atoms with E-state index in [1.807, 2.05) is 11.0 Å². The molecule has 1 atom stereocenters. The molecular formula is C14H16N2O3. The smallest absolute Gasteiger partial charge is 0.339 e. The molecule has 1 aliphatic rings. The summed E-state index contributed by atoms with van der Waals surface area (Å²) in [6.45, 7) is 1.40. The standard InChI is InChI=1S/C14H16N2O3/c1-19-14(18)13-5-4-11(7-10(13)8-15)16-6-2-3-12(17)9-16/h4-5,7,12,17H,2-3,6,9H2,1H3. The van der Waals surface area contributed by atoms with Crippen molar-refractivity contribution in [3.8, 4) is 6.07 Å². The molecule has 0 aromatic heterocycles. The van der Waals surface area contributed by atoms with Crippen LogP contribution in [0.3, 0.4) is 0 Å². The molecule has 1 heterocycles. The molecule has 19 heavy (non-hydrogen) atoms. The highest BCUT2D eigenvalue weighted by atomic mass is 16.5. The first kappa shape index (κ1) is 13.4. The van der Waals surface area contributed by atoms with Crippen molar-refractivity contribution in [2.75, 3.05) is 25.1 Å². The second kappa shape index (κ2) is 5.72. The Bertz CT molecular complexity index is 522. The number of esters is 1. The van der Waals surface area contributed by atoms with E-state index in [0.717, 1.165) is 25.1 Å². The summed E-state index contributed by atoms with van der Waals surface area (Å²) in [5.74, 6) is -0.512. The Morgan fingerprint density at radius 1 is 1.58 bits per heavy atom. The van der Waals surface area contributed by atoms with Gasteiger partial charge in [-0.3, -0.25) is 0 Å². The molecule has 0 aliphatic carbocycles. The predicted molar refractivity (Wildman–Crippen MR) is 70.0 cm³/mol. The first-order valence-corrected chi connectivity index (χ1v) is 6.21. The number of aliphatic hydroxyl groups excluding tert-OH is 1. The molecule has 1 N–H and O–H groups in total. The van der Waals surface area contributed by atoms with Gasteiger partial charge in [0, 0.05) is 18.8 Å². The van der Waals surface area contributed by atoms with Gasteiger partial charge in [0.2, 0.25) is 0 Å². The average Bonchev–Trinajstić information content (AvgIpc) is 2.45. The van der Waals surface area contributed by atoms with E-state index >= 15 is 0 Å². The number of anilines is 1. The fraction of sp³-hybridized carbons (Fsp3) is 0.429. The molecular weight excluding hydrogens is 244 g/mol. The Labute approximate surface area is 112 Å². The SMILES string of the molecule is COC(=O)c1ccc(N2CCCC(O)C2)cc1C#N. The van der Waals surface area contributed by atoms with Crippen LogP contribution in [0.2, 0.25) is 0 Å². The van der Waals surface area contributed by atoms with Crippen LogP contribution in [-0.2, 0) is 4.74 Å². The summed E-state index contributed by atoms with van der Waals surface area (Å²) < 4.78 is 4.64. The summed E-state index contributed by atoms with van der Waals surface area (Å²) in [5, 5.41) is 18.8. The Balaban J connectivity index is 2.29. The highest BCUT2D eigenvalue weighted by Gasteiger charge is 2.20. The lowest BCUT2D eigenvalue weighted by Gasteiger charge is -2.32. The van der Waals surface area contributed by atoms with Gasteiger partial charge in [-0.1, -0.05) is 0 Å². The number of methoxy groups -OCH3 is 1. The number of carbonyl (C=O) groups is 1. The van der Waals surface area contributed by atoms with Crippen LogP contribution in [0.4, 0.5) is 5.69 Å². The molecule has 1 saturated heterocycles. The lowest BCUT2D eigenvalue weighted by atomic mass is 10.0. The molecule has 1 aromatic carbocycles. The average molecular weight is 260 g/mol. The van der Waals surface area contributed by atoms with E-state index < -0.39 is 5.97 Å². The van der Waals surface area contributed by atoms with Crippen LogP contribution in [0, 0.1) is 11.3 Å². The molecule has 0 bridgehead atoms. The molecule has 0 spiro atoms. The van der Waals surface area contributed by atoms with E-state index in [9.17, 15) is 9.90 Å². The van der Waals surface area contributed by atoms with Crippen LogP contribution in [0.25, 0.3) is 0 Å². The minimum Gasteiger partial charge on any atom is -0.465 e. The number of carbonyl (C=O) groups excluding carboxylic acids is 1. The van der Waals surface area contributed by atoms with Crippen LogP contribution >= 0.6 is 0 Å². The van der Waals surface area contributed by atoms with Gasteiger partial charge in [0.25, 0.3) is 0 Å². The van der Waals surface area contributed by atoms with E-state index in [1.165, 1.54) is 7.11 Å². The topological polar surface area (TPSA) is 73.6 Å². The van der Waals surface area contributed by atoms with Gasteiger partial charge in [-0.15, -0.1) is 0 Å². The van der Waals surface area contributed by atoms with Gasteiger partial charge in [-0.2, -0.15) is 5.26 Å². The molecule has 0 saturated carbocycles. The molecule has 1 aromatic rings. The number of nitrogens with zero attached hydrogens (tertiary/aromatic N) is 2. The Morgan fingerprint density at radius 2 is 2.37 bits per heavy atom. The molecule has 0 amide bonds. The van der Waals surface area contributed by atoms with Gasteiger partial charge >= 0.3 is 5.97 Å². The summed E-state index contributed by atoms with van der Waals surface area (Å²) in [4.78, 5) is 13.5. The lowest BCUT2D eigenvalue weighted by Crippen LogP contribution is -2.38. The van der Waals surface area contributed by atoms with Crippen molar-refractivity contribution in [2.24, 2.45) is 0 Å². The quantitative estimate of drug-likeness (QED) is 0.811. The van der Waals surface area contributed by atoms with Crippen LogP contribution in [0.15, 0.2) is 18.2 Å². The van der Waals surface area contributed by atoms with Crippen molar-refractivity contribution < 1.29 is 14.6 Å². The van der Waals surface area contributed by atoms with Crippen molar-refractivity contribution in [1.82, 2.24) is 0 Å². The van der Waals surface area contributed by atoms with E-state index in [4.69, 9.17) is 5.26 Å². The normalized spacial score (nSPS) is 18.8. The van der Waals surface area contributed by atoms with Crippen LogP contribution in [-0.4, -0.2) is 37.4 Å². The number of ether oxygens (including phenoxy) is 1. The zero-order chi connectivity index (χ0) is 13.8. The van der Waals surface area contributed by atoms with Crippen molar-refractivity contribution in [1.29, 1.82) is 5.26 Å². The van der Waals surface area contributed by atoms with Gasteiger partial charge in [0.15, 0.2) is 0 Å². The van der Waals surface area contributed by atoms with Gasteiger partial charge in [0.1, 0.15) is 6.07 Å². The maximum Gasteiger partial charge on any atom is 0.339 e. The van der Waals surface area contributed by atoms with E-state index in [-0.39, 0.29) is 11.7 Å². The summed E-state index contributed by atoms with van der Waals surface area (Å²) >= 11 is 0. The summed E-state index contributed by atoms with van der Waals surface area (Å²) in [5.41, 5.74) is 1.42. The van der Waals surface area contributed by atoms with E-state index in [0.29, 0.717) is 12.1 Å². The van der Waals surface area contributed by atoms with Crippen molar-refractivity contribution in [3.63, 3.8) is 0 Å². The first-order valence-electron chi connectivity index (χ1n) is 6.21. The van der Waals surface area contributed by atoms with E-state index in [2.05, 4.69) is 4.74 Å². The minimum atomic E-state index is -0.512. The van der Waals surface area contributed by atoms with Gasteiger partial charge in [-0.05, 0) is 31.0 Å². The second-order valence-corrected chi connectivity index (χ2v) is 4.58. The Morgan fingerprint density at radius 3 is 3.00 bits per heavy atom. The molecule has 5 heteroatoms. The highest BCUT2D eigenvalue weighted by molar-refractivity contribution is 5.92. The number of aliphatic hydroxyl groups is 1. The molecule has 0 radical (unpaired) electrons. The number of β-amino-alcohol motifs (C(OH)–C–C–N with tert-alkyl or cyclic N) is 1. The fourth-order valence-electron chi connectivity index (χ4n) is 2.30. The summed E-state index contributed by atoms with van der Waals surface area (Å²) in [6, 6.07) is 7.06. The van der Waals surface area contributed by atoms with Gasteiger partial charge in [-0.25, -0.2) is 4.79 Å². The summed E-state index contributed by atoms with van der Waals surface area (Å²) in [7, 11) is 1.29. The van der Waals surface area contributed by atoms with Crippen molar-refractivity contribution >= 4 is 11.7 Å². The minimum absolute atomic E-state index is 0.270. The molecule has 5 nitrogen and oxygen atoms in total. The third kappa shape index (κ3) is 2.85. The zero-order valence-electron chi connectivity index (χ0n) is 10.8. The highest BCUT2D eigenvalue weighted by Crippen LogP contribution is 2.23. The monoisotopic (exact) mass is 260 g/mol. The number of hydrogen-bond donors (Lipinski definition) is 1. The third-order valence-corrected chi connectivity index (χ3v) is 3.29. The largest absolute Gasteiger partial charge is 0.465 e. The number of nitriles is 1. The van der Waals surface area contributed by atoms with Crippen molar-refractivity contribution in [2.45, 2.75) is 18.9 Å². The summed E-state index contributed by atoms with van der Waals surface area (Å²) in [6.07, 6.45) is 1.39. The number of rotatable bonds is 2. The molecule has 1 unspecified atom stereocenters. The third-order valence-electron chi connectivity index (χ3n) is 3.29. The van der Waals surface area contributed by atoms with E-state index in [1.54, 1.807) is 18.2 Å². The fourth-order valence-corrected chi connectivity index (χ4v) is 2.30. The van der Waals surface area contributed by atoms with Crippen LogP contribution < -0.4 is 4.90 Å². The Hall–Kier alpha value is -2.06. The zero-order valence-corrected chi connectivity index (χ0v) is 10.8. The molecule has 100 valence electrons. The van der Waals surface area contributed by atoms with Gasteiger partial charge in [0.05, 0.1) is 24.3 Å². The lowest BCUT2D eigenvalue weighted by molar-refractivity contribution is 0.0600. The number of hydrogen-bond acceptors (Lipinski definition) is 5. The van der Waals surface area contributed by atoms with Crippen molar-refractivity contribution in [3.05, 3.63) is 29.3 Å². The number of benzene rings is 1. The maximum absolute atomic E-state index is 11.5. The molecule has 1 aliphatic heterocycles.